The number of hydrogen-bond acceptors (Lipinski definition) is 3. The van der Waals surface area contributed by atoms with Crippen molar-refractivity contribution in [3.63, 3.8) is 0 Å². The molecule has 2 aromatic heterocycles. The summed E-state index contributed by atoms with van der Waals surface area (Å²) in [5, 5.41) is 3.11. The highest BCUT2D eigenvalue weighted by molar-refractivity contribution is 5.06. The van der Waals surface area contributed by atoms with Crippen molar-refractivity contribution in [3.8, 4) is 0 Å². The minimum absolute atomic E-state index is 0.785. The highest BCUT2D eigenvalue weighted by Gasteiger charge is 1.99. The molecule has 0 atom stereocenters. The maximum Gasteiger partial charge on any atom is 0.0953 e. The van der Waals surface area contributed by atoms with Crippen molar-refractivity contribution in [2.75, 3.05) is 13.6 Å². The third-order valence-electron chi connectivity index (χ3n) is 2.39. The molecule has 2 rings (SSSR count). The largest absolute Gasteiger partial charge is 0.331 e. The fourth-order valence-electron chi connectivity index (χ4n) is 1.55. The first-order valence-electron chi connectivity index (χ1n) is 5.43. The van der Waals surface area contributed by atoms with E-state index in [2.05, 4.69) is 26.0 Å². The molecule has 16 heavy (non-hydrogen) atoms. The Morgan fingerprint density at radius 1 is 1.25 bits per heavy atom. The SMILES string of the molecule is CNCCc1cn(Cc2ccccn2)cn1. The molecule has 0 saturated heterocycles. The van der Waals surface area contributed by atoms with Crippen LogP contribution in [0.2, 0.25) is 0 Å². The maximum absolute atomic E-state index is 4.35. The zero-order chi connectivity index (χ0) is 11.2. The molecule has 0 aliphatic carbocycles. The van der Waals surface area contributed by atoms with E-state index in [4.69, 9.17) is 0 Å². The van der Waals surface area contributed by atoms with E-state index in [0.717, 1.165) is 30.9 Å². The fourth-order valence-corrected chi connectivity index (χ4v) is 1.55. The minimum Gasteiger partial charge on any atom is -0.331 e. The molecule has 4 nitrogen and oxygen atoms in total. The van der Waals surface area contributed by atoms with Gasteiger partial charge in [-0.3, -0.25) is 4.98 Å². The Bertz CT molecular complexity index is 422. The van der Waals surface area contributed by atoms with Crippen molar-refractivity contribution in [2.45, 2.75) is 13.0 Å². The molecule has 0 unspecified atom stereocenters. The molecule has 0 spiro atoms. The van der Waals surface area contributed by atoms with Gasteiger partial charge in [-0.1, -0.05) is 6.07 Å². The van der Waals surface area contributed by atoms with Crippen LogP contribution in [0.1, 0.15) is 11.4 Å². The van der Waals surface area contributed by atoms with Gasteiger partial charge in [-0.25, -0.2) is 4.98 Å². The second-order valence-electron chi connectivity index (χ2n) is 3.71. The molecular weight excluding hydrogens is 200 g/mol. The third-order valence-corrected chi connectivity index (χ3v) is 2.39. The van der Waals surface area contributed by atoms with E-state index in [1.54, 1.807) is 0 Å². The summed E-state index contributed by atoms with van der Waals surface area (Å²) in [6.45, 7) is 1.74. The molecule has 0 saturated carbocycles. The topological polar surface area (TPSA) is 42.7 Å². The molecule has 2 aromatic rings. The van der Waals surface area contributed by atoms with E-state index in [1.165, 1.54) is 0 Å². The van der Waals surface area contributed by atoms with Crippen LogP contribution >= 0.6 is 0 Å². The summed E-state index contributed by atoms with van der Waals surface area (Å²) in [7, 11) is 1.95. The van der Waals surface area contributed by atoms with Gasteiger partial charge in [0.15, 0.2) is 0 Å². The molecule has 0 aliphatic rings. The van der Waals surface area contributed by atoms with Crippen molar-refractivity contribution in [1.29, 1.82) is 0 Å². The summed E-state index contributed by atoms with van der Waals surface area (Å²) in [5.74, 6) is 0. The second-order valence-corrected chi connectivity index (χ2v) is 3.71. The predicted octanol–water partition coefficient (Wildman–Crippen LogP) is 1.09. The molecule has 0 aromatic carbocycles. The number of hydrogen-bond donors (Lipinski definition) is 1. The van der Waals surface area contributed by atoms with Crippen LogP contribution in [-0.2, 0) is 13.0 Å². The standard InChI is InChI=1S/C12H16N4/c1-13-7-5-12-9-16(10-15-12)8-11-4-2-3-6-14-11/h2-4,6,9-10,13H,5,7-8H2,1H3. The van der Waals surface area contributed by atoms with Gasteiger partial charge in [0.2, 0.25) is 0 Å². The zero-order valence-corrected chi connectivity index (χ0v) is 9.43. The number of imidazole rings is 1. The summed E-state index contributed by atoms with van der Waals surface area (Å²) in [6, 6.07) is 5.95. The predicted molar refractivity (Wildman–Crippen MR) is 63.2 cm³/mol. The highest BCUT2D eigenvalue weighted by Crippen LogP contribution is 2.01. The molecule has 0 bridgehead atoms. The van der Waals surface area contributed by atoms with E-state index in [9.17, 15) is 0 Å². The first kappa shape index (κ1) is 10.8. The van der Waals surface area contributed by atoms with Gasteiger partial charge < -0.3 is 9.88 Å². The van der Waals surface area contributed by atoms with Crippen LogP contribution in [0.4, 0.5) is 0 Å². The Balaban J connectivity index is 1.97. The molecule has 0 amide bonds. The van der Waals surface area contributed by atoms with Crippen LogP contribution in [0.25, 0.3) is 0 Å². The Morgan fingerprint density at radius 2 is 2.19 bits per heavy atom. The van der Waals surface area contributed by atoms with Crippen LogP contribution < -0.4 is 5.32 Å². The van der Waals surface area contributed by atoms with E-state index in [1.807, 2.05) is 37.8 Å². The maximum atomic E-state index is 4.35. The van der Waals surface area contributed by atoms with Crippen molar-refractivity contribution < 1.29 is 0 Å². The molecular formula is C12H16N4. The molecule has 0 fully saturated rings. The minimum atomic E-state index is 0.785. The Kier molecular flexibility index (Phi) is 3.66. The Morgan fingerprint density at radius 3 is 2.94 bits per heavy atom. The van der Waals surface area contributed by atoms with Crippen LogP contribution in [0, 0.1) is 0 Å². The summed E-state index contributed by atoms with van der Waals surface area (Å²) in [4.78, 5) is 8.63. The molecule has 84 valence electrons. The van der Waals surface area contributed by atoms with Crippen LogP contribution in [0.15, 0.2) is 36.9 Å². The van der Waals surface area contributed by atoms with E-state index >= 15 is 0 Å². The lowest BCUT2D eigenvalue weighted by Crippen LogP contribution is -2.10. The van der Waals surface area contributed by atoms with Crippen molar-refractivity contribution in [2.24, 2.45) is 0 Å². The quantitative estimate of drug-likeness (QED) is 0.813. The first-order valence-corrected chi connectivity index (χ1v) is 5.43. The van der Waals surface area contributed by atoms with Gasteiger partial charge in [-0.15, -0.1) is 0 Å². The zero-order valence-electron chi connectivity index (χ0n) is 9.43. The van der Waals surface area contributed by atoms with Gasteiger partial charge >= 0.3 is 0 Å². The van der Waals surface area contributed by atoms with Crippen LogP contribution in [0.5, 0.6) is 0 Å². The van der Waals surface area contributed by atoms with Gasteiger partial charge in [0, 0.05) is 25.4 Å². The lowest BCUT2D eigenvalue weighted by molar-refractivity contribution is 0.764. The average molecular weight is 216 g/mol. The average Bonchev–Trinajstić information content (AvgIpc) is 2.75. The normalized spacial score (nSPS) is 10.6. The summed E-state index contributed by atoms with van der Waals surface area (Å²) < 4.78 is 2.06. The number of pyridine rings is 1. The molecule has 0 radical (unpaired) electrons. The van der Waals surface area contributed by atoms with E-state index in [-0.39, 0.29) is 0 Å². The lowest BCUT2D eigenvalue weighted by atomic mass is 10.3. The lowest BCUT2D eigenvalue weighted by Gasteiger charge is -2.00. The Hall–Kier alpha value is -1.68. The van der Waals surface area contributed by atoms with Crippen molar-refractivity contribution in [3.05, 3.63) is 48.3 Å². The fraction of sp³-hybridized carbons (Fsp3) is 0.333. The van der Waals surface area contributed by atoms with Crippen LogP contribution in [-0.4, -0.2) is 28.1 Å². The van der Waals surface area contributed by atoms with Gasteiger partial charge in [0.1, 0.15) is 0 Å². The monoisotopic (exact) mass is 216 g/mol. The van der Waals surface area contributed by atoms with E-state index in [0.29, 0.717) is 0 Å². The first-order chi connectivity index (χ1) is 7.88. The van der Waals surface area contributed by atoms with E-state index < -0.39 is 0 Å². The summed E-state index contributed by atoms with van der Waals surface area (Å²) >= 11 is 0. The smallest absolute Gasteiger partial charge is 0.0953 e. The van der Waals surface area contributed by atoms with Crippen molar-refractivity contribution in [1.82, 2.24) is 19.9 Å². The number of nitrogens with zero attached hydrogens (tertiary/aromatic N) is 3. The van der Waals surface area contributed by atoms with Crippen molar-refractivity contribution >= 4 is 0 Å². The molecule has 2 heterocycles. The third kappa shape index (κ3) is 2.90. The van der Waals surface area contributed by atoms with Gasteiger partial charge in [0.05, 0.1) is 24.3 Å². The molecule has 0 aliphatic heterocycles. The number of aromatic nitrogens is 3. The molecule has 1 N–H and O–H groups in total. The number of likely N-dealkylation sites (N-methyl/N-ethyl adjacent to an activating group) is 1. The van der Waals surface area contributed by atoms with Gasteiger partial charge in [-0.2, -0.15) is 0 Å². The second kappa shape index (κ2) is 5.42. The number of rotatable bonds is 5. The summed E-state index contributed by atoms with van der Waals surface area (Å²) in [6.07, 6.45) is 6.71. The summed E-state index contributed by atoms with van der Waals surface area (Å²) in [5.41, 5.74) is 2.17. The van der Waals surface area contributed by atoms with Gasteiger partial charge in [0.25, 0.3) is 0 Å². The Labute approximate surface area is 95.4 Å². The van der Waals surface area contributed by atoms with Gasteiger partial charge in [-0.05, 0) is 19.2 Å². The molecule has 4 heteroatoms. The van der Waals surface area contributed by atoms with Crippen LogP contribution in [0.3, 0.4) is 0 Å². The highest BCUT2D eigenvalue weighted by atomic mass is 15.0. The number of nitrogens with one attached hydrogen (secondary N) is 1.